The summed E-state index contributed by atoms with van der Waals surface area (Å²) in [5.74, 6) is -0.0235. The fourth-order valence-electron chi connectivity index (χ4n) is 2.19. The number of hydrogen-bond acceptors (Lipinski definition) is 3. The summed E-state index contributed by atoms with van der Waals surface area (Å²) in [4.78, 5) is 11.0. The summed E-state index contributed by atoms with van der Waals surface area (Å²) in [5, 5.41) is 12.3. The highest BCUT2D eigenvalue weighted by molar-refractivity contribution is 5.88. The van der Waals surface area contributed by atoms with Crippen LogP contribution in [0.3, 0.4) is 0 Å². The summed E-state index contributed by atoms with van der Waals surface area (Å²) in [6.07, 6.45) is 0.970. The van der Waals surface area contributed by atoms with E-state index in [-0.39, 0.29) is 0 Å². The van der Waals surface area contributed by atoms with Crippen molar-refractivity contribution in [2.75, 3.05) is 11.9 Å². The molecule has 4 nitrogen and oxygen atoms in total. The Kier molecular flexibility index (Phi) is 5.42. The van der Waals surface area contributed by atoms with E-state index >= 15 is 0 Å². The third-order valence-electron chi connectivity index (χ3n) is 3.38. The number of carbonyl (C=O) groups is 1. The van der Waals surface area contributed by atoms with Crippen molar-refractivity contribution in [3.8, 4) is 5.75 Å². The van der Waals surface area contributed by atoms with E-state index in [1.807, 2.05) is 31.2 Å². The molecule has 22 heavy (non-hydrogen) atoms. The first-order valence-corrected chi connectivity index (χ1v) is 7.40. The number of anilines is 1. The van der Waals surface area contributed by atoms with E-state index in [0.29, 0.717) is 18.7 Å². The lowest BCUT2D eigenvalue weighted by Crippen LogP contribution is -2.05. The highest BCUT2D eigenvalue weighted by atomic mass is 16.5. The number of hydrogen-bond donors (Lipinski definition) is 2. The summed E-state index contributed by atoms with van der Waals surface area (Å²) in [6.45, 7) is 5.30. The van der Waals surface area contributed by atoms with Gasteiger partial charge in [-0.2, -0.15) is 0 Å². The minimum Gasteiger partial charge on any atom is -0.493 e. The van der Waals surface area contributed by atoms with Gasteiger partial charge in [0, 0.05) is 17.8 Å². The molecule has 0 heterocycles. The quantitative estimate of drug-likeness (QED) is 0.808. The van der Waals surface area contributed by atoms with Crippen LogP contribution in [0, 0.1) is 6.92 Å². The Morgan fingerprint density at radius 1 is 1.23 bits per heavy atom. The normalized spacial score (nSPS) is 10.3. The molecule has 0 aliphatic rings. The number of carboxylic acid groups (broad SMARTS) is 1. The largest absolute Gasteiger partial charge is 0.493 e. The van der Waals surface area contributed by atoms with Crippen LogP contribution in [0.5, 0.6) is 5.75 Å². The molecule has 0 aliphatic carbocycles. The predicted molar refractivity (Wildman–Crippen MR) is 87.7 cm³/mol. The van der Waals surface area contributed by atoms with E-state index in [1.165, 1.54) is 0 Å². The van der Waals surface area contributed by atoms with Crippen LogP contribution < -0.4 is 10.1 Å². The number of ether oxygens (including phenoxy) is 1. The van der Waals surface area contributed by atoms with E-state index in [2.05, 4.69) is 12.2 Å². The van der Waals surface area contributed by atoms with E-state index in [0.717, 1.165) is 29.0 Å². The fourth-order valence-corrected chi connectivity index (χ4v) is 2.19. The number of nitrogens with one attached hydrogen (secondary N) is 1. The molecule has 2 aromatic rings. The van der Waals surface area contributed by atoms with Gasteiger partial charge in [-0.3, -0.25) is 0 Å². The van der Waals surface area contributed by atoms with Gasteiger partial charge in [0.15, 0.2) is 0 Å². The molecule has 4 heteroatoms. The Bertz CT molecular complexity index is 653. The molecule has 0 aliphatic heterocycles. The number of aryl methyl sites for hydroxylation is 1. The molecule has 0 radical (unpaired) electrons. The Balaban J connectivity index is 2.08. The maximum atomic E-state index is 11.0. The molecule has 0 atom stereocenters. The lowest BCUT2D eigenvalue weighted by atomic mass is 10.1. The van der Waals surface area contributed by atoms with Crippen LogP contribution in [0.25, 0.3) is 0 Å². The third kappa shape index (κ3) is 4.01. The maximum Gasteiger partial charge on any atom is 0.335 e. The number of para-hydroxylation sites is 1. The molecule has 0 saturated heterocycles. The van der Waals surface area contributed by atoms with Gasteiger partial charge in [-0.05, 0) is 43.2 Å². The van der Waals surface area contributed by atoms with Crippen LogP contribution in [0.4, 0.5) is 5.69 Å². The molecule has 0 spiro atoms. The van der Waals surface area contributed by atoms with Crippen LogP contribution in [-0.4, -0.2) is 17.7 Å². The summed E-state index contributed by atoms with van der Waals surface area (Å²) in [5.41, 5.74) is 3.22. The molecule has 0 aromatic heterocycles. The lowest BCUT2D eigenvalue weighted by molar-refractivity contribution is 0.0697. The molecule has 2 aromatic carbocycles. The second-order valence-corrected chi connectivity index (χ2v) is 5.14. The summed E-state index contributed by atoms with van der Waals surface area (Å²) >= 11 is 0. The van der Waals surface area contributed by atoms with Crippen molar-refractivity contribution in [3.05, 3.63) is 59.2 Å². The van der Waals surface area contributed by atoms with Gasteiger partial charge >= 0.3 is 5.97 Å². The van der Waals surface area contributed by atoms with E-state index in [4.69, 9.17) is 9.84 Å². The van der Waals surface area contributed by atoms with Gasteiger partial charge in [-0.1, -0.05) is 25.1 Å². The summed E-state index contributed by atoms with van der Waals surface area (Å²) in [7, 11) is 0. The smallest absolute Gasteiger partial charge is 0.335 e. The Morgan fingerprint density at radius 2 is 2.00 bits per heavy atom. The molecule has 0 amide bonds. The average Bonchev–Trinajstić information content (AvgIpc) is 2.52. The second kappa shape index (κ2) is 7.50. The third-order valence-corrected chi connectivity index (χ3v) is 3.38. The Hall–Kier alpha value is -2.49. The van der Waals surface area contributed by atoms with Gasteiger partial charge in [0.1, 0.15) is 5.75 Å². The number of aromatic carboxylic acids is 1. The van der Waals surface area contributed by atoms with Gasteiger partial charge in [0.05, 0.1) is 12.2 Å². The van der Waals surface area contributed by atoms with Gasteiger partial charge in [-0.25, -0.2) is 4.79 Å². The van der Waals surface area contributed by atoms with Crippen molar-refractivity contribution in [1.82, 2.24) is 0 Å². The van der Waals surface area contributed by atoms with Crippen LogP contribution in [0.15, 0.2) is 42.5 Å². The highest BCUT2D eigenvalue weighted by Gasteiger charge is 2.07. The van der Waals surface area contributed by atoms with Crippen molar-refractivity contribution in [3.63, 3.8) is 0 Å². The predicted octanol–water partition coefficient (Wildman–Crippen LogP) is 4.09. The van der Waals surface area contributed by atoms with Gasteiger partial charge in [0.2, 0.25) is 0 Å². The SMILES string of the molecule is CCCOc1ccccc1CNc1ccc(C(=O)O)cc1C. The Labute approximate surface area is 130 Å². The van der Waals surface area contributed by atoms with Crippen LogP contribution in [0.2, 0.25) is 0 Å². The highest BCUT2D eigenvalue weighted by Crippen LogP contribution is 2.22. The molecule has 0 unspecified atom stereocenters. The zero-order valence-electron chi connectivity index (χ0n) is 12.9. The standard InChI is InChI=1S/C18H21NO3/c1-3-10-22-17-7-5-4-6-15(17)12-19-16-9-8-14(18(20)21)11-13(16)2/h4-9,11,19H,3,10,12H2,1-2H3,(H,20,21). The first kappa shape index (κ1) is 15.9. The first-order valence-electron chi connectivity index (χ1n) is 7.40. The minimum absolute atomic E-state index is 0.301. The zero-order chi connectivity index (χ0) is 15.9. The number of carboxylic acids is 1. The van der Waals surface area contributed by atoms with Crippen molar-refractivity contribution < 1.29 is 14.6 Å². The molecule has 0 saturated carbocycles. The number of benzene rings is 2. The molecule has 2 N–H and O–H groups in total. The lowest BCUT2D eigenvalue weighted by Gasteiger charge is -2.14. The maximum absolute atomic E-state index is 11.0. The Morgan fingerprint density at radius 3 is 2.68 bits per heavy atom. The first-order chi connectivity index (χ1) is 10.6. The van der Waals surface area contributed by atoms with Crippen molar-refractivity contribution in [2.24, 2.45) is 0 Å². The molecule has 116 valence electrons. The van der Waals surface area contributed by atoms with Gasteiger partial charge in [0.25, 0.3) is 0 Å². The van der Waals surface area contributed by atoms with E-state index in [1.54, 1.807) is 18.2 Å². The molecule has 2 rings (SSSR count). The van der Waals surface area contributed by atoms with Crippen molar-refractivity contribution in [2.45, 2.75) is 26.8 Å². The summed E-state index contributed by atoms with van der Waals surface area (Å²) < 4.78 is 5.74. The van der Waals surface area contributed by atoms with Crippen LogP contribution in [-0.2, 0) is 6.54 Å². The minimum atomic E-state index is -0.909. The van der Waals surface area contributed by atoms with E-state index < -0.39 is 5.97 Å². The molecule has 0 fully saturated rings. The summed E-state index contributed by atoms with van der Waals surface area (Å²) in [6, 6.07) is 13.0. The fraction of sp³-hybridized carbons (Fsp3) is 0.278. The topological polar surface area (TPSA) is 58.6 Å². The number of rotatable bonds is 7. The molecule has 0 bridgehead atoms. The molecular formula is C18H21NO3. The van der Waals surface area contributed by atoms with Crippen molar-refractivity contribution >= 4 is 11.7 Å². The van der Waals surface area contributed by atoms with Crippen molar-refractivity contribution in [1.29, 1.82) is 0 Å². The van der Waals surface area contributed by atoms with Crippen LogP contribution >= 0.6 is 0 Å². The van der Waals surface area contributed by atoms with Gasteiger partial charge < -0.3 is 15.2 Å². The van der Waals surface area contributed by atoms with Crippen LogP contribution in [0.1, 0.15) is 34.8 Å². The second-order valence-electron chi connectivity index (χ2n) is 5.14. The monoisotopic (exact) mass is 299 g/mol. The molecular weight excluding hydrogens is 278 g/mol. The van der Waals surface area contributed by atoms with E-state index in [9.17, 15) is 4.79 Å². The zero-order valence-corrected chi connectivity index (χ0v) is 12.9. The average molecular weight is 299 g/mol. The van der Waals surface area contributed by atoms with Gasteiger partial charge in [-0.15, -0.1) is 0 Å².